The second-order valence-electron chi connectivity index (χ2n) is 3.83. The Kier molecular flexibility index (Phi) is 3.52. The van der Waals surface area contributed by atoms with Crippen LogP contribution >= 0.6 is 0 Å². The SMILES string of the molecule is CCc1c(C)[nH]n(CCN(C)C)c1=O. The van der Waals surface area contributed by atoms with Gasteiger partial charge in [-0.05, 0) is 27.4 Å². The van der Waals surface area contributed by atoms with E-state index >= 15 is 0 Å². The van der Waals surface area contributed by atoms with Gasteiger partial charge in [-0.15, -0.1) is 0 Å². The molecule has 0 bridgehead atoms. The quantitative estimate of drug-likeness (QED) is 0.768. The summed E-state index contributed by atoms with van der Waals surface area (Å²) in [6.45, 7) is 5.57. The van der Waals surface area contributed by atoms with Crippen LogP contribution in [0.4, 0.5) is 0 Å². The summed E-state index contributed by atoms with van der Waals surface area (Å²) in [6, 6.07) is 0. The van der Waals surface area contributed by atoms with E-state index in [1.165, 1.54) is 0 Å². The maximum Gasteiger partial charge on any atom is 0.269 e. The minimum atomic E-state index is 0.131. The fourth-order valence-corrected chi connectivity index (χ4v) is 1.52. The standard InChI is InChI=1S/C10H19N3O/c1-5-9-8(2)11-13(10(9)14)7-6-12(3)4/h11H,5-7H2,1-4H3. The molecule has 0 saturated heterocycles. The molecule has 0 spiro atoms. The van der Waals surface area contributed by atoms with Gasteiger partial charge < -0.3 is 4.90 Å². The van der Waals surface area contributed by atoms with Crippen LogP contribution in [0.1, 0.15) is 18.2 Å². The zero-order valence-electron chi connectivity index (χ0n) is 9.42. The molecular weight excluding hydrogens is 178 g/mol. The van der Waals surface area contributed by atoms with Gasteiger partial charge in [-0.3, -0.25) is 14.6 Å². The second-order valence-corrected chi connectivity index (χ2v) is 3.83. The summed E-state index contributed by atoms with van der Waals surface area (Å²) in [6.07, 6.45) is 0.802. The monoisotopic (exact) mass is 197 g/mol. The molecule has 0 unspecified atom stereocenters. The predicted molar refractivity (Wildman–Crippen MR) is 57.7 cm³/mol. The third-order valence-electron chi connectivity index (χ3n) is 2.38. The molecule has 4 heteroatoms. The largest absolute Gasteiger partial charge is 0.308 e. The second kappa shape index (κ2) is 4.46. The molecule has 0 aromatic carbocycles. The highest BCUT2D eigenvalue weighted by Crippen LogP contribution is 1.99. The molecule has 14 heavy (non-hydrogen) atoms. The van der Waals surface area contributed by atoms with Gasteiger partial charge in [0.05, 0.1) is 6.54 Å². The van der Waals surface area contributed by atoms with E-state index in [9.17, 15) is 4.79 Å². The van der Waals surface area contributed by atoms with Gasteiger partial charge in [-0.25, -0.2) is 0 Å². The first kappa shape index (κ1) is 11.0. The predicted octanol–water partition coefficient (Wildman–Crippen LogP) is 0.609. The van der Waals surface area contributed by atoms with Gasteiger partial charge in [0.1, 0.15) is 0 Å². The Morgan fingerprint density at radius 1 is 1.43 bits per heavy atom. The van der Waals surface area contributed by atoms with Crippen LogP contribution in [0.2, 0.25) is 0 Å². The highest BCUT2D eigenvalue weighted by atomic mass is 16.1. The van der Waals surface area contributed by atoms with Crippen molar-refractivity contribution >= 4 is 0 Å². The summed E-state index contributed by atoms with van der Waals surface area (Å²) in [4.78, 5) is 13.8. The summed E-state index contributed by atoms with van der Waals surface area (Å²) in [5, 5.41) is 3.10. The molecule has 4 nitrogen and oxygen atoms in total. The number of nitrogens with zero attached hydrogens (tertiary/aromatic N) is 2. The number of hydrogen-bond donors (Lipinski definition) is 1. The van der Waals surface area contributed by atoms with Crippen LogP contribution in [-0.2, 0) is 13.0 Å². The molecule has 1 aromatic rings. The summed E-state index contributed by atoms with van der Waals surface area (Å²) >= 11 is 0. The lowest BCUT2D eigenvalue weighted by atomic mass is 10.2. The molecule has 0 saturated carbocycles. The van der Waals surface area contributed by atoms with Crippen molar-refractivity contribution in [1.82, 2.24) is 14.7 Å². The summed E-state index contributed by atoms with van der Waals surface area (Å²) in [7, 11) is 4.00. The van der Waals surface area contributed by atoms with Crippen molar-refractivity contribution in [3.05, 3.63) is 21.6 Å². The number of rotatable bonds is 4. The highest BCUT2D eigenvalue weighted by Gasteiger charge is 2.08. The topological polar surface area (TPSA) is 41.0 Å². The van der Waals surface area contributed by atoms with Gasteiger partial charge in [0.15, 0.2) is 0 Å². The fraction of sp³-hybridized carbons (Fsp3) is 0.700. The summed E-state index contributed by atoms with van der Waals surface area (Å²) in [5.74, 6) is 0. The fourth-order valence-electron chi connectivity index (χ4n) is 1.52. The first-order chi connectivity index (χ1) is 6.56. The van der Waals surface area contributed by atoms with Crippen molar-refractivity contribution in [3.63, 3.8) is 0 Å². The molecule has 1 N–H and O–H groups in total. The number of nitrogens with one attached hydrogen (secondary N) is 1. The van der Waals surface area contributed by atoms with E-state index in [4.69, 9.17) is 0 Å². The molecule has 80 valence electrons. The number of aromatic amines is 1. The van der Waals surface area contributed by atoms with E-state index in [1.807, 2.05) is 27.9 Å². The maximum absolute atomic E-state index is 11.7. The van der Waals surface area contributed by atoms with Crippen LogP contribution in [0.15, 0.2) is 4.79 Å². The van der Waals surface area contributed by atoms with Crippen LogP contribution in [0.5, 0.6) is 0 Å². The van der Waals surface area contributed by atoms with Crippen LogP contribution in [0.3, 0.4) is 0 Å². The lowest BCUT2D eigenvalue weighted by molar-refractivity contribution is 0.369. The van der Waals surface area contributed by atoms with Gasteiger partial charge >= 0.3 is 0 Å². The minimum absolute atomic E-state index is 0.131. The molecule has 0 aliphatic heterocycles. The third-order valence-corrected chi connectivity index (χ3v) is 2.38. The van der Waals surface area contributed by atoms with Crippen molar-refractivity contribution in [2.45, 2.75) is 26.8 Å². The van der Waals surface area contributed by atoms with E-state index in [0.29, 0.717) is 0 Å². The number of hydrogen-bond acceptors (Lipinski definition) is 2. The van der Waals surface area contributed by atoms with Gasteiger partial charge in [-0.1, -0.05) is 6.92 Å². The van der Waals surface area contributed by atoms with E-state index < -0.39 is 0 Å². The van der Waals surface area contributed by atoms with E-state index in [-0.39, 0.29) is 5.56 Å². The molecule has 1 heterocycles. The average Bonchev–Trinajstić information content (AvgIpc) is 2.38. The highest BCUT2D eigenvalue weighted by molar-refractivity contribution is 5.15. The lowest BCUT2D eigenvalue weighted by Gasteiger charge is -2.08. The number of likely N-dealkylation sites (N-methyl/N-ethyl adjacent to an activating group) is 1. The van der Waals surface area contributed by atoms with Crippen molar-refractivity contribution in [2.24, 2.45) is 0 Å². The zero-order chi connectivity index (χ0) is 10.7. The Bertz CT molecular complexity index is 349. The number of H-pyrrole nitrogens is 1. The Labute approximate surface area is 84.5 Å². The first-order valence-electron chi connectivity index (χ1n) is 4.99. The lowest BCUT2D eigenvalue weighted by Crippen LogP contribution is -2.26. The van der Waals surface area contributed by atoms with E-state index in [1.54, 1.807) is 4.68 Å². The molecule has 0 atom stereocenters. The Balaban J connectivity index is 2.84. The zero-order valence-corrected chi connectivity index (χ0v) is 9.42. The number of aromatic nitrogens is 2. The van der Waals surface area contributed by atoms with Gasteiger partial charge in [0.25, 0.3) is 5.56 Å². The Hall–Kier alpha value is -1.03. The molecular formula is C10H19N3O. The summed E-state index contributed by atoms with van der Waals surface area (Å²) in [5.41, 5.74) is 2.03. The van der Waals surface area contributed by atoms with Gasteiger partial charge in [0.2, 0.25) is 0 Å². The third kappa shape index (κ3) is 2.26. The van der Waals surface area contributed by atoms with Crippen LogP contribution in [0.25, 0.3) is 0 Å². The number of aryl methyl sites for hydroxylation is 1. The van der Waals surface area contributed by atoms with Gasteiger partial charge in [0, 0.05) is 17.8 Å². The van der Waals surface area contributed by atoms with Crippen molar-refractivity contribution in [1.29, 1.82) is 0 Å². The van der Waals surface area contributed by atoms with Crippen LogP contribution in [0, 0.1) is 6.92 Å². The molecule has 0 fully saturated rings. The average molecular weight is 197 g/mol. The molecule has 0 radical (unpaired) electrons. The van der Waals surface area contributed by atoms with Crippen molar-refractivity contribution in [2.75, 3.05) is 20.6 Å². The Morgan fingerprint density at radius 2 is 2.07 bits per heavy atom. The minimum Gasteiger partial charge on any atom is -0.308 e. The Morgan fingerprint density at radius 3 is 2.50 bits per heavy atom. The van der Waals surface area contributed by atoms with E-state index in [0.717, 1.165) is 30.8 Å². The van der Waals surface area contributed by atoms with Gasteiger partial charge in [-0.2, -0.15) is 0 Å². The molecule has 1 rings (SSSR count). The van der Waals surface area contributed by atoms with Crippen LogP contribution in [-0.4, -0.2) is 35.3 Å². The summed E-state index contributed by atoms with van der Waals surface area (Å²) < 4.78 is 1.69. The maximum atomic E-state index is 11.7. The van der Waals surface area contributed by atoms with Crippen LogP contribution < -0.4 is 5.56 Å². The van der Waals surface area contributed by atoms with E-state index in [2.05, 4.69) is 10.00 Å². The first-order valence-corrected chi connectivity index (χ1v) is 4.99. The normalized spacial score (nSPS) is 11.2. The molecule has 0 aliphatic carbocycles. The molecule has 0 amide bonds. The van der Waals surface area contributed by atoms with Crippen molar-refractivity contribution < 1.29 is 0 Å². The smallest absolute Gasteiger partial charge is 0.269 e. The molecule has 0 aliphatic rings. The van der Waals surface area contributed by atoms with Crippen molar-refractivity contribution in [3.8, 4) is 0 Å². The molecule has 1 aromatic heterocycles.